The third-order valence-corrected chi connectivity index (χ3v) is 4.43. The van der Waals surface area contributed by atoms with Crippen LogP contribution in [0.1, 0.15) is 23.1 Å². The molecular weight excluding hydrogens is 310 g/mol. The smallest absolute Gasteiger partial charge is 0.315 e. The highest BCUT2D eigenvalue weighted by Gasteiger charge is 2.41. The number of hydrogen-bond acceptors (Lipinski definition) is 3. The topological polar surface area (TPSA) is 38.7 Å². The second kappa shape index (κ2) is 6.36. The van der Waals surface area contributed by atoms with E-state index in [0.29, 0.717) is 5.90 Å². The summed E-state index contributed by atoms with van der Waals surface area (Å²) in [7, 11) is 0. The van der Waals surface area contributed by atoms with Crippen LogP contribution in [-0.2, 0) is 15.1 Å². The molecule has 0 aliphatic carbocycles. The van der Waals surface area contributed by atoms with E-state index in [1.54, 1.807) is 0 Å². The molecule has 0 bridgehead atoms. The average molecular weight is 327 g/mol. The number of carbonyl (C=O) groups excluding carboxylic acids is 1. The molecule has 0 saturated carbocycles. The molecule has 3 aromatic carbocycles. The lowest BCUT2D eigenvalue weighted by atomic mass is 9.80. The van der Waals surface area contributed by atoms with Gasteiger partial charge in [-0.05, 0) is 23.3 Å². The SMILES string of the molecule is O=C1CC(c2ccccc2)(c2ccccc2)N=C(c2ccccc2)O1. The lowest BCUT2D eigenvalue weighted by Gasteiger charge is -2.34. The van der Waals surface area contributed by atoms with Gasteiger partial charge in [0, 0.05) is 5.56 Å². The van der Waals surface area contributed by atoms with Crippen LogP contribution in [0.4, 0.5) is 0 Å². The number of rotatable bonds is 3. The van der Waals surface area contributed by atoms with Crippen molar-refractivity contribution in [3.63, 3.8) is 0 Å². The van der Waals surface area contributed by atoms with Crippen molar-refractivity contribution in [3.8, 4) is 0 Å². The Bertz CT molecular complexity index is 863. The first-order valence-corrected chi connectivity index (χ1v) is 8.25. The zero-order valence-corrected chi connectivity index (χ0v) is 13.6. The van der Waals surface area contributed by atoms with E-state index >= 15 is 0 Å². The summed E-state index contributed by atoms with van der Waals surface area (Å²) in [6.07, 6.45) is 0.178. The number of hydrogen-bond donors (Lipinski definition) is 0. The lowest BCUT2D eigenvalue weighted by Crippen LogP contribution is -2.36. The molecule has 25 heavy (non-hydrogen) atoms. The maximum atomic E-state index is 12.5. The summed E-state index contributed by atoms with van der Waals surface area (Å²) in [5.41, 5.74) is 1.98. The Kier molecular flexibility index (Phi) is 3.90. The first-order valence-electron chi connectivity index (χ1n) is 8.25. The van der Waals surface area contributed by atoms with Crippen molar-refractivity contribution in [2.45, 2.75) is 12.0 Å². The number of nitrogens with zero attached hydrogens (tertiary/aromatic N) is 1. The Labute approximate surface area is 146 Å². The molecule has 1 aliphatic rings. The molecule has 3 heteroatoms. The Morgan fingerprint density at radius 2 is 1.20 bits per heavy atom. The van der Waals surface area contributed by atoms with E-state index in [4.69, 9.17) is 9.73 Å². The molecule has 0 fully saturated rings. The van der Waals surface area contributed by atoms with Gasteiger partial charge in [-0.15, -0.1) is 0 Å². The van der Waals surface area contributed by atoms with Gasteiger partial charge in [-0.2, -0.15) is 0 Å². The van der Waals surface area contributed by atoms with Crippen molar-refractivity contribution in [2.24, 2.45) is 4.99 Å². The zero-order valence-electron chi connectivity index (χ0n) is 13.6. The molecule has 4 rings (SSSR count). The standard InChI is InChI=1S/C22H17NO2/c24-20-16-22(18-12-6-2-7-13-18,19-14-8-3-9-15-19)23-21(25-20)17-10-4-1-5-11-17/h1-15H,16H2. The van der Waals surface area contributed by atoms with Gasteiger partial charge >= 0.3 is 5.97 Å². The van der Waals surface area contributed by atoms with Gasteiger partial charge in [-0.25, -0.2) is 4.99 Å². The van der Waals surface area contributed by atoms with Gasteiger partial charge in [0.05, 0.1) is 6.42 Å². The van der Waals surface area contributed by atoms with Gasteiger partial charge in [0.25, 0.3) is 0 Å². The second-order valence-electron chi connectivity index (χ2n) is 6.03. The molecule has 0 saturated heterocycles. The van der Waals surface area contributed by atoms with Crippen molar-refractivity contribution >= 4 is 11.9 Å². The molecule has 0 atom stereocenters. The maximum Gasteiger partial charge on any atom is 0.315 e. The summed E-state index contributed by atoms with van der Waals surface area (Å²) >= 11 is 0. The Balaban J connectivity index is 1.95. The third kappa shape index (κ3) is 2.85. The van der Waals surface area contributed by atoms with Crippen LogP contribution in [0.5, 0.6) is 0 Å². The summed E-state index contributed by atoms with van der Waals surface area (Å²) in [6, 6.07) is 29.4. The number of aliphatic imine (C=N–C) groups is 1. The van der Waals surface area contributed by atoms with E-state index in [1.807, 2.05) is 91.0 Å². The van der Waals surface area contributed by atoms with Gasteiger partial charge in [0.1, 0.15) is 5.54 Å². The average Bonchev–Trinajstić information content (AvgIpc) is 2.69. The van der Waals surface area contributed by atoms with E-state index in [0.717, 1.165) is 16.7 Å². The first-order chi connectivity index (χ1) is 12.3. The largest absolute Gasteiger partial charge is 0.407 e. The highest BCUT2D eigenvalue weighted by Crippen LogP contribution is 2.40. The summed E-state index contributed by atoms with van der Waals surface area (Å²) < 4.78 is 5.48. The molecule has 0 N–H and O–H groups in total. The third-order valence-electron chi connectivity index (χ3n) is 4.43. The van der Waals surface area contributed by atoms with Crippen LogP contribution >= 0.6 is 0 Å². The summed E-state index contributed by atoms with van der Waals surface area (Å²) in [5, 5.41) is 0. The van der Waals surface area contributed by atoms with E-state index in [2.05, 4.69) is 0 Å². The van der Waals surface area contributed by atoms with Crippen LogP contribution in [0.15, 0.2) is 96.0 Å². The number of ether oxygens (including phenoxy) is 1. The Morgan fingerprint density at radius 1 is 0.720 bits per heavy atom. The molecule has 0 aromatic heterocycles. The van der Waals surface area contributed by atoms with Crippen LogP contribution in [-0.4, -0.2) is 11.9 Å². The van der Waals surface area contributed by atoms with Crippen LogP contribution in [0.3, 0.4) is 0 Å². The molecular formula is C22H17NO2. The van der Waals surface area contributed by atoms with Crippen molar-refractivity contribution in [1.29, 1.82) is 0 Å². The fourth-order valence-corrected chi connectivity index (χ4v) is 3.22. The molecule has 0 amide bonds. The second-order valence-corrected chi connectivity index (χ2v) is 6.03. The fraction of sp³-hybridized carbons (Fsp3) is 0.0909. The highest BCUT2D eigenvalue weighted by molar-refractivity contribution is 6.03. The van der Waals surface area contributed by atoms with Gasteiger partial charge in [-0.1, -0.05) is 78.9 Å². The first kappa shape index (κ1) is 15.3. The molecule has 0 spiro atoms. The minimum absolute atomic E-state index is 0.178. The van der Waals surface area contributed by atoms with E-state index in [1.165, 1.54) is 0 Å². The van der Waals surface area contributed by atoms with Crippen molar-refractivity contribution < 1.29 is 9.53 Å². The number of cyclic esters (lactones) is 1. The fourth-order valence-electron chi connectivity index (χ4n) is 3.22. The van der Waals surface area contributed by atoms with Crippen LogP contribution in [0, 0.1) is 0 Å². The molecule has 3 nitrogen and oxygen atoms in total. The molecule has 3 aromatic rings. The Hall–Kier alpha value is -3.20. The van der Waals surface area contributed by atoms with Crippen LogP contribution < -0.4 is 0 Å². The molecule has 0 radical (unpaired) electrons. The highest BCUT2D eigenvalue weighted by atomic mass is 16.5. The van der Waals surface area contributed by atoms with E-state index < -0.39 is 5.54 Å². The van der Waals surface area contributed by atoms with Gasteiger partial charge in [0.2, 0.25) is 5.90 Å². The molecule has 122 valence electrons. The predicted octanol–water partition coefficient (Wildman–Crippen LogP) is 4.32. The molecule has 1 heterocycles. The van der Waals surface area contributed by atoms with Crippen molar-refractivity contribution in [2.75, 3.05) is 0 Å². The Morgan fingerprint density at radius 3 is 1.72 bits per heavy atom. The predicted molar refractivity (Wildman–Crippen MR) is 97.4 cm³/mol. The monoisotopic (exact) mass is 327 g/mol. The van der Waals surface area contributed by atoms with Gasteiger partial charge < -0.3 is 4.74 Å². The molecule has 0 unspecified atom stereocenters. The van der Waals surface area contributed by atoms with Crippen LogP contribution in [0.25, 0.3) is 0 Å². The summed E-state index contributed by atoms with van der Waals surface area (Å²) in [4.78, 5) is 17.5. The number of benzene rings is 3. The number of carbonyl (C=O) groups is 1. The van der Waals surface area contributed by atoms with Crippen molar-refractivity contribution in [3.05, 3.63) is 108 Å². The minimum atomic E-state index is -0.775. The normalized spacial score (nSPS) is 16.0. The minimum Gasteiger partial charge on any atom is -0.407 e. The maximum absolute atomic E-state index is 12.5. The number of esters is 1. The quantitative estimate of drug-likeness (QED) is 0.672. The molecule has 1 aliphatic heterocycles. The summed E-state index contributed by atoms with van der Waals surface area (Å²) in [5.74, 6) is 0.0890. The van der Waals surface area contributed by atoms with Gasteiger partial charge in [0.15, 0.2) is 0 Å². The summed E-state index contributed by atoms with van der Waals surface area (Å²) in [6.45, 7) is 0. The lowest BCUT2D eigenvalue weighted by molar-refractivity contribution is -0.137. The van der Waals surface area contributed by atoms with E-state index in [-0.39, 0.29) is 12.4 Å². The zero-order chi connectivity index (χ0) is 17.1. The van der Waals surface area contributed by atoms with Crippen LogP contribution in [0.2, 0.25) is 0 Å². The van der Waals surface area contributed by atoms with Gasteiger partial charge in [-0.3, -0.25) is 4.79 Å². The van der Waals surface area contributed by atoms with E-state index in [9.17, 15) is 4.79 Å². The van der Waals surface area contributed by atoms with Crippen molar-refractivity contribution in [1.82, 2.24) is 0 Å².